The SMILES string of the molecule is CC/C=C/C/C=C/C/C=C/CCCCCCCC(=O)Nc1c(OC)cc(OC)cc1OC. The van der Waals surface area contributed by atoms with Crippen LogP contribution in [-0.4, -0.2) is 27.2 Å². The second kappa shape index (κ2) is 17.9. The van der Waals surface area contributed by atoms with E-state index >= 15 is 0 Å². The number of nitrogens with one attached hydrogen (secondary N) is 1. The van der Waals surface area contributed by atoms with Gasteiger partial charge in [-0.05, 0) is 38.5 Å². The van der Waals surface area contributed by atoms with Crippen LogP contribution in [0.3, 0.4) is 0 Å². The Hall–Kier alpha value is -2.69. The van der Waals surface area contributed by atoms with Crippen LogP contribution in [0.4, 0.5) is 5.69 Å². The number of carbonyl (C=O) groups is 1. The first-order valence-corrected chi connectivity index (χ1v) is 11.7. The van der Waals surface area contributed by atoms with Gasteiger partial charge in [-0.1, -0.05) is 62.6 Å². The topological polar surface area (TPSA) is 56.8 Å². The predicted octanol–water partition coefficient (Wildman–Crippen LogP) is 7.24. The molecule has 178 valence electrons. The van der Waals surface area contributed by atoms with E-state index in [1.54, 1.807) is 33.5 Å². The Morgan fingerprint density at radius 3 is 1.94 bits per heavy atom. The summed E-state index contributed by atoms with van der Waals surface area (Å²) in [7, 11) is 4.69. The van der Waals surface area contributed by atoms with Gasteiger partial charge in [-0.2, -0.15) is 0 Å². The van der Waals surface area contributed by atoms with Crippen LogP contribution >= 0.6 is 0 Å². The number of carbonyl (C=O) groups excluding carboxylic acids is 1. The molecule has 5 heteroatoms. The van der Waals surface area contributed by atoms with Crippen molar-refractivity contribution >= 4 is 11.6 Å². The number of hydrogen-bond acceptors (Lipinski definition) is 4. The number of rotatable bonds is 17. The highest BCUT2D eigenvalue weighted by atomic mass is 16.5. The minimum Gasteiger partial charge on any atom is -0.496 e. The quantitative estimate of drug-likeness (QED) is 0.204. The summed E-state index contributed by atoms with van der Waals surface area (Å²) in [6, 6.07) is 3.46. The third kappa shape index (κ3) is 11.6. The summed E-state index contributed by atoms with van der Waals surface area (Å²) in [5.74, 6) is 1.62. The van der Waals surface area contributed by atoms with Crippen molar-refractivity contribution < 1.29 is 19.0 Å². The van der Waals surface area contributed by atoms with E-state index in [2.05, 4.69) is 48.7 Å². The van der Waals surface area contributed by atoms with Crippen molar-refractivity contribution in [3.8, 4) is 17.2 Å². The second-order valence-corrected chi connectivity index (χ2v) is 7.56. The molecule has 0 aliphatic carbocycles. The first-order chi connectivity index (χ1) is 15.7. The zero-order valence-corrected chi connectivity index (χ0v) is 20.3. The molecule has 0 spiro atoms. The van der Waals surface area contributed by atoms with E-state index in [4.69, 9.17) is 14.2 Å². The normalized spacial score (nSPS) is 11.5. The highest BCUT2D eigenvalue weighted by Crippen LogP contribution is 2.39. The Morgan fingerprint density at radius 1 is 0.781 bits per heavy atom. The Kier molecular flexibility index (Phi) is 15.3. The lowest BCUT2D eigenvalue weighted by atomic mass is 10.1. The molecule has 0 fully saturated rings. The summed E-state index contributed by atoms with van der Waals surface area (Å²) < 4.78 is 16.0. The van der Waals surface area contributed by atoms with Gasteiger partial charge < -0.3 is 19.5 Å². The van der Waals surface area contributed by atoms with Crippen molar-refractivity contribution in [2.24, 2.45) is 0 Å². The Balaban J connectivity index is 2.18. The van der Waals surface area contributed by atoms with Crippen molar-refractivity contribution in [1.29, 1.82) is 0 Å². The third-order valence-corrected chi connectivity index (χ3v) is 5.03. The average molecular weight is 444 g/mol. The van der Waals surface area contributed by atoms with Gasteiger partial charge in [0.15, 0.2) is 0 Å². The van der Waals surface area contributed by atoms with Crippen LogP contribution in [0.5, 0.6) is 17.2 Å². The zero-order chi connectivity index (χ0) is 23.4. The Labute approximate surface area is 194 Å². The molecule has 0 saturated heterocycles. The second-order valence-electron chi connectivity index (χ2n) is 7.56. The first-order valence-electron chi connectivity index (χ1n) is 11.7. The molecule has 1 N–H and O–H groups in total. The lowest BCUT2D eigenvalue weighted by Gasteiger charge is -2.15. The highest BCUT2D eigenvalue weighted by molar-refractivity contribution is 5.94. The van der Waals surface area contributed by atoms with Crippen LogP contribution in [0.1, 0.15) is 71.1 Å². The maximum absolute atomic E-state index is 12.4. The van der Waals surface area contributed by atoms with Gasteiger partial charge in [-0.3, -0.25) is 4.79 Å². The molecule has 0 heterocycles. The van der Waals surface area contributed by atoms with Crippen LogP contribution in [0, 0.1) is 0 Å². The summed E-state index contributed by atoms with van der Waals surface area (Å²) in [5, 5.41) is 2.92. The average Bonchev–Trinajstić information content (AvgIpc) is 2.81. The number of unbranched alkanes of at least 4 members (excludes halogenated alkanes) is 5. The number of amides is 1. The largest absolute Gasteiger partial charge is 0.496 e. The number of ether oxygens (including phenoxy) is 3. The summed E-state index contributed by atoms with van der Waals surface area (Å²) in [4.78, 5) is 12.4. The Morgan fingerprint density at radius 2 is 1.34 bits per heavy atom. The van der Waals surface area contributed by atoms with Crippen LogP contribution in [0.2, 0.25) is 0 Å². The van der Waals surface area contributed by atoms with E-state index in [9.17, 15) is 4.79 Å². The van der Waals surface area contributed by atoms with Crippen LogP contribution in [0.25, 0.3) is 0 Å². The molecule has 1 amide bonds. The molecule has 1 rings (SSSR count). The molecule has 0 bridgehead atoms. The van der Waals surface area contributed by atoms with E-state index < -0.39 is 0 Å². The van der Waals surface area contributed by atoms with E-state index in [0.717, 1.165) is 44.9 Å². The summed E-state index contributed by atoms with van der Waals surface area (Å²) in [6.07, 6.45) is 23.6. The standard InChI is InChI=1S/C27H41NO4/c1-5-6-7-8-9-10-11-12-13-14-15-16-17-18-19-20-26(29)28-27-24(31-3)21-23(30-2)22-25(27)32-4/h6-7,9-10,12-13,21-22H,5,8,11,14-20H2,1-4H3,(H,28,29)/b7-6+,10-9+,13-12+. The fourth-order valence-corrected chi connectivity index (χ4v) is 3.24. The highest BCUT2D eigenvalue weighted by Gasteiger charge is 2.15. The van der Waals surface area contributed by atoms with Gasteiger partial charge in [0.25, 0.3) is 0 Å². The van der Waals surface area contributed by atoms with Crippen molar-refractivity contribution in [2.45, 2.75) is 71.1 Å². The maximum Gasteiger partial charge on any atom is 0.224 e. The minimum atomic E-state index is -0.0343. The van der Waals surface area contributed by atoms with Gasteiger partial charge in [0.2, 0.25) is 5.91 Å². The molecule has 0 saturated carbocycles. The van der Waals surface area contributed by atoms with Gasteiger partial charge in [-0.15, -0.1) is 0 Å². The maximum atomic E-state index is 12.4. The molecule has 0 unspecified atom stereocenters. The summed E-state index contributed by atoms with van der Waals surface area (Å²) in [6.45, 7) is 2.15. The zero-order valence-electron chi connectivity index (χ0n) is 20.3. The molecule has 0 atom stereocenters. The number of hydrogen-bond donors (Lipinski definition) is 1. The van der Waals surface area contributed by atoms with E-state index in [1.165, 1.54) is 12.8 Å². The fourth-order valence-electron chi connectivity index (χ4n) is 3.24. The molecule has 1 aromatic rings. The monoisotopic (exact) mass is 443 g/mol. The van der Waals surface area contributed by atoms with Crippen molar-refractivity contribution in [3.05, 3.63) is 48.6 Å². The smallest absolute Gasteiger partial charge is 0.224 e. The predicted molar refractivity (Wildman–Crippen MR) is 134 cm³/mol. The van der Waals surface area contributed by atoms with Gasteiger partial charge in [-0.25, -0.2) is 0 Å². The van der Waals surface area contributed by atoms with Gasteiger partial charge in [0.05, 0.1) is 21.3 Å². The van der Waals surface area contributed by atoms with Crippen LogP contribution in [0.15, 0.2) is 48.6 Å². The minimum absolute atomic E-state index is 0.0343. The van der Waals surface area contributed by atoms with E-state index in [-0.39, 0.29) is 5.91 Å². The van der Waals surface area contributed by atoms with Crippen LogP contribution < -0.4 is 19.5 Å². The lowest BCUT2D eigenvalue weighted by Crippen LogP contribution is -2.13. The molecule has 0 radical (unpaired) electrons. The molecular formula is C27H41NO4. The molecule has 5 nitrogen and oxygen atoms in total. The van der Waals surface area contributed by atoms with Gasteiger partial charge in [0, 0.05) is 18.6 Å². The van der Waals surface area contributed by atoms with E-state index in [1.807, 2.05) is 0 Å². The van der Waals surface area contributed by atoms with Crippen molar-refractivity contribution in [2.75, 3.05) is 26.6 Å². The molecule has 32 heavy (non-hydrogen) atoms. The van der Waals surface area contributed by atoms with Gasteiger partial charge >= 0.3 is 0 Å². The molecule has 0 aliphatic rings. The lowest BCUT2D eigenvalue weighted by molar-refractivity contribution is -0.116. The molecule has 0 aromatic heterocycles. The van der Waals surface area contributed by atoms with Crippen LogP contribution in [-0.2, 0) is 4.79 Å². The number of anilines is 1. The molecule has 1 aromatic carbocycles. The Bertz CT molecular complexity index is 712. The third-order valence-electron chi connectivity index (χ3n) is 5.03. The number of benzene rings is 1. The van der Waals surface area contributed by atoms with Gasteiger partial charge in [0.1, 0.15) is 22.9 Å². The van der Waals surface area contributed by atoms with Crippen molar-refractivity contribution in [3.63, 3.8) is 0 Å². The summed E-state index contributed by atoms with van der Waals surface area (Å²) in [5.41, 5.74) is 0.542. The first kappa shape index (κ1) is 27.3. The summed E-state index contributed by atoms with van der Waals surface area (Å²) >= 11 is 0. The number of methoxy groups -OCH3 is 3. The molecule has 0 aliphatic heterocycles. The molecular weight excluding hydrogens is 402 g/mol. The number of allylic oxidation sites excluding steroid dienone is 6. The fraction of sp³-hybridized carbons (Fsp3) is 0.519. The van der Waals surface area contributed by atoms with E-state index in [0.29, 0.717) is 29.4 Å². The van der Waals surface area contributed by atoms with Crippen molar-refractivity contribution in [1.82, 2.24) is 0 Å².